The lowest BCUT2D eigenvalue weighted by molar-refractivity contribution is -0.137. The van der Waals surface area contributed by atoms with E-state index in [0.717, 1.165) is 32.2 Å². The fourth-order valence-electron chi connectivity index (χ4n) is 2.85. The summed E-state index contributed by atoms with van der Waals surface area (Å²) in [5.41, 5.74) is 0.0858. The van der Waals surface area contributed by atoms with Crippen LogP contribution in [0.1, 0.15) is 5.56 Å². The number of anilines is 1. The van der Waals surface area contributed by atoms with E-state index in [1.807, 2.05) is 4.90 Å². The molecular weight excluding hydrogens is 345 g/mol. The Balaban J connectivity index is 1.98. The Kier molecular flexibility index (Phi) is 3.50. The molecule has 1 N–H and O–H groups in total. The number of halogens is 4. The number of alkyl halides is 3. The quantitative estimate of drug-likeness (QED) is 0.725. The first-order valence-electron chi connectivity index (χ1n) is 7.31. The molecule has 0 amide bonds. The van der Waals surface area contributed by atoms with Crippen molar-refractivity contribution in [3.05, 3.63) is 29.0 Å². The highest BCUT2D eigenvalue weighted by atomic mass is 35.5. The van der Waals surface area contributed by atoms with Crippen molar-refractivity contribution in [3.63, 3.8) is 0 Å². The zero-order chi connectivity index (χ0) is 16.9. The first-order chi connectivity index (χ1) is 11.4. The van der Waals surface area contributed by atoms with Gasteiger partial charge in [-0.25, -0.2) is 14.5 Å². The number of hydrogen-bond donors (Lipinski definition) is 1. The monoisotopic (exact) mass is 356 g/mol. The third-order valence-electron chi connectivity index (χ3n) is 3.99. The van der Waals surface area contributed by atoms with Gasteiger partial charge in [-0.05, 0) is 12.1 Å². The van der Waals surface area contributed by atoms with Crippen molar-refractivity contribution in [1.82, 2.24) is 24.9 Å². The van der Waals surface area contributed by atoms with Crippen LogP contribution >= 0.6 is 11.6 Å². The van der Waals surface area contributed by atoms with Gasteiger partial charge in [0, 0.05) is 26.2 Å². The highest BCUT2D eigenvalue weighted by Gasteiger charge is 2.34. The Morgan fingerprint density at radius 1 is 1.17 bits per heavy atom. The second-order valence-corrected chi connectivity index (χ2v) is 5.89. The number of nitrogens with zero attached hydrogens (tertiary/aromatic N) is 5. The summed E-state index contributed by atoms with van der Waals surface area (Å²) in [4.78, 5) is 10.7. The molecule has 0 radical (unpaired) electrons. The number of fused-ring (bicyclic) bond motifs is 3. The van der Waals surface area contributed by atoms with Crippen LogP contribution in [-0.4, -0.2) is 45.8 Å². The molecule has 0 bridgehead atoms. The predicted octanol–water partition coefficient (Wildman–Crippen LogP) is 2.36. The smallest absolute Gasteiger partial charge is 0.351 e. The molecule has 1 aliphatic heterocycles. The van der Waals surface area contributed by atoms with Crippen molar-refractivity contribution in [2.24, 2.45) is 0 Å². The highest BCUT2D eigenvalue weighted by molar-refractivity contribution is 6.32. The fourth-order valence-corrected chi connectivity index (χ4v) is 3.12. The predicted molar refractivity (Wildman–Crippen MR) is 83.4 cm³/mol. The molecule has 0 atom stereocenters. The van der Waals surface area contributed by atoms with Gasteiger partial charge in [0.1, 0.15) is 6.33 Å². The molecule has 4 rings (SSSR count). The molecule has 1 aromatic carbocycles. The number of piperazine rings is 1. The average Bonchev–Trinajstić information content (AvgIpc) is 3.03. The molecular formula is C14H12ClF3N6. The first-order valence-corrected chi connectivity index (χ1v) is 7.69. The zero-order valence-corrected chi connectivity index (χ0v) is 13.1. The van der Waals surface area contributed by atoms with Crippen LogP contribution in [-0.2, 0) is 6.18 Å². The number of benzene rings is 1. The Labute approximate surface area is 139 Å². The molecule has 0 saturated carbocycles. The maximum Gasteiger partial charge on any atom is 0.417 e. The summed E-state index contributed by atoms with van der Waals surface area (Å²) in [6.07, 6.45) is -3.24. The van der Waals surface area contributed by atoms with Gasteiger partial charge in [0.15, 0.2) is 11.5 Å². The summed E-state index contributed by atoms with van der Waals surface area (Å²) in [6.45, 7) is 3.06. The topological polar surface area (TPSA) is 58.4 Å². The summed E-state index contributed by atoms with van der Waals surface area (Å²) in [5.74, 6) is 0.595. The lowest BCUT2D eigenvalue weighted by atomic mass is 10.2. The molecule has 3 aromatic rings. The Bertz CT molecular complexity index is 916. The Morgan fingerprint density at radius 2 is 1.92 bits per heavy atom. The van der Waals surface area contributed by atoms with Crippen LogP contribution in [0.2, 0.25) is 5.02 Å². The summed E-state index contributed by atoms with van der Waals surface area (Å²) >= 11 is 5.82. The number of hydrogen-bond acceptors (Lipinski definition) is 5. The SMILES string of the molecule is FC(F)(F)c1cc2c(cc1Cl)nc(N1CCNCC1)c1ncnn12. The van der Waals surface area contributed by atoms with Gasteiger partial charge >= 0.3 is 6.18 Å². The van der Waals surface area contributed by atoms with Gasteiger partial charge in [0.2, 0.25) is 0 Å². The lowest BCUT2D eigenvalue weighted by Gasteiger charge is -2.28. The van der Waals surface area contributed by atoms with E-state index in [-0.39, 0.29) is 10.5 Å². The van der Waals surface area contributed by atoms with Crippen molar-refractivity contribution >= 4 is 34.1 Å². The van der Waals surface area contributed by atoms with E-state index in [2.05, 4.69) is 20.4 Å². The molecule has 24 heavy (non-hydrogen) atoms. The summed E-state index contributed by atoms with van der Waals surface area (Å²) < 4.78 is 40.7. The number of nitrogens with one attached hydrogen (secondary N) is 1. The molecule has 10 heteroatoms. The maximum absolute atomic E-state index is 13.1. The van der Waals surface area contributed by atoms with E-state index in [9.17, 15) is 13.2 Å². The van der Waals surface area contributed by atoms with Gasteiger partial charge in [0.25, 0.3) is 0 Å². The van der Waals surface area contributed by atoms with Crippen molar-refractivity contribution < 1.29 is 13.2 Å². The normalized spacial score (nSPS) is 16.2. The van der Waals surface area contributed by atoms with E-state index in [0.29, 0.717) is 17.0 Å². The molecule has 2 aromatic heterocycles. The summed E-state index contributed by atoms with van der Waals surface area (Å²) in [7, 11) is 0. The van der Waals surface area contributed by atoms with Crippen molar-refractivity contribution in [1.29, 1.82) is 0 Å². The van der Waals surface area contributed by atoms with E-state index in [1.54, 1.807) is 0 Å². The summed E-state index contributed by atoms with van der Waals surface area (Å²) in [5, 5.41) is 6.93. The molecule has 0 spiro atoms. The molecule has 126 valence electrons. The van der Waals surface area contributed by atoms with Gasteiger partial charge < -0.3 is 10.2 Å². The second kappa shape index (κ2) is 5.45. The van der Waals surface area contributed by atoms with Crippen LogP contribution in [0.25, 0.3) is 16.7 Å². The van der Waals surface area contributed by atoms with Gasteiger partial charge in [0.05, 0.1) is 21.6 Å². The van der Waals surface area contributed by atoms with E-state index in [4.69, 9.17) is 11.6 Å². The van der Waals surface area contributed by atoms with Crippen LogP contribution < -0.4 is 10.2 Å². The fraction of sp³-hybridized carbons (Fsp3) is 0.357. The maximum atomic E-state index is 13.1. The molecule has 0 aliphatic carbocycles. The Morgan fingerprint density at radius 3 is 2.62 bits per heavy atom. The van der Waals surface area contributed by atoms with E-state index in [1.165, 1.54) is 16.9 Å². The third-order valence-corrected chi connectivity index (χ3v) is 4.30. The average molecular weight is 357 g/mol. The van der Waals surface area contributed by atoms with Crippen LogP contribution in [0.3, 0.4) is 0 Å². The van der Waals surface area contributed by atoms with Gasteiger partial charge in [-0.1, -0.05) is 11.6 Å². The Hall–Kier alpha value is -2.13. The largest absolute Gasteiger partial charge is 0.417 e. The minimum absolute atomic E-state index is 0.220. The summed E-state index contributed by atoms with van der Waals surface area (Å²) in [6, 6.07) is 2.19. The van der Waals surface area contributed by atoms with Crippen molar-refractivity contribution in [2.45, 2.75) is 6.18 Å². The standard InChI is InChI=1S/C14H12ClF3N6/c15-9-6-10-11(5-8(9)14(16,17)18)24-12(20-7-21-24)13(22-10)23-3-1-19-2-4-23/h5-7,19H,1-4H2. The molecule has 3 heterocycles. The zero-order valence-electron chi connectivity index (χ0n) is 12.3. The first kappa shape index (κ1) is 15.4. The van der Waals surface area contributed by atoms with Gasteiger partial charge in [-0.3, -0.25) is 0 Å². The van der Waals surface area contributed by atoms with Gasteiger partial charge in [-0.2, -0.15) is 18.3 Å². The second-order valence-electron chi connectivity index (χ2n) is 5.49. The third kappa shape index (κ3) is 2.44. The molecule has 6 nitrogen and oxygen atoms in total. The van der Waals surface area contributed by atoms with Crippen molar-refractivity contribution in [3.8, 4) is 0 Å². The molecule has 1 aliphatic rings. The van der Waals surface area contributed by atoms with Crippen LogP contribution in [0.4, 0.5) is 19.0 Å². The van der Waals surface area contributed by atoms with Gasteiger partial charge in [-0.15, -0.1) is 0 Å². The highest BCUT2D eigenvalue weighted by Crippen LogP contribution is 2.37. The van der Waals surface area contributed by atoms with Crippen LogP contribution in [0, 0.1) is 0 Å². The molecule has 0 unspecified atom stereocenters. The minimum Gasteiger partial charge on any atom is -0.351 e. The minimum atomic E-state index is -4.55. The van der Waals surface area contributed by atoms with E-state index >= 15 is 0 Å². The van der Waals surface area contributed by atoms with Crippen LogP contribution in [0.15, 0.2) is 18.5 Å². The van der Waals surface area contributed by atoms with Crippen LogP contribution in [0.5, 0.6) is 0 Å². The number of rotatable bonds is 1. The van der Waals surface area contributed by atoms with E-state index < -0.39 is 11.7 Å². The lowest BCUT2D eigenvalue weighted by Crippen LogP contribution is -2.44. The van der Waals surface area contributed by atoms with Crippen molar-refractivity contribution in [2.75, 3.05) is 31.1 Å². The molecule has 1 fully saturated rings. The molecule has 1 saturated heterocycles. The number of aromatic nitrogens is 4.